The standard InChI is InChI=1S/C16H24N2O2/c1-10-4-13-6-12(7-15(19-3)16(13)20-10)14-5-11(8-17)9-18(14)2/h6-7,10-11,14H,4-5,8-9,17H2,1-3H3. The highest BCUT2D eigenvalue weighted by molar-refractivity contribution is 5.52. The molecule has 1 saturated heterocycles. The van der Waals surface area contributed by atoms with Crippen LogP contribution in [0.5, 0.6) is 11.5 Å². The second-order valence-electron chi connectivity index (χ2n) is 6.14. The van der Waals surface area contributed by atoms with Gasteiger partial charge in [0.15, 0.2) is 11.5 Å². The topological polar surface area (TPSA) is 47.7 Å². The number of nitrogens with two attached hydrogens (primary N) is 1. The molecule has 3 atom stereocenters. The predicted molar refractivity (Wildman–Crippen MR) is 79.3 cm³/mol. The molecule has 2 aliphatic rings. The highest BCUT2D eigenvalue weighted by Gasteiger charge is 2.32. The summed E-state index contributed by atoms with van der Waals surface area (Å²) >= 11 is 0. The number of nitrogens with zero attached hydrogens (tertiary/aromatic N) is 1. The molecule has 0 aliphatic carbocycles. The Morgan fingerprint density at radius 3 is 2.90 bits per heavy atom. The van der Waals surface area contributed by atoms with Gasteiger partial charge in [0.2, 0.25) is 0 Å². The lowest BCUT2D eigenvalue weighted by molar-refractivity contribution is 0.243. The van der Waals surface area contributed by atoms with E-state index in [0.29, 0.717) is 12.0 Å². The van der Waals surface area contributed by atoms with Crippen LogP contribution in [-0.2, 0) is 6.42 Å². The Labute approximate surface area is 120 Å². The first-order valence-electron chi connectivity index (χ1n) is 7.40. The minimum Gasteiger partial charge on any atom is -0.493 e. The van der Waals surface area contributed by atoms with Gasteiger partial charge in [-0.2, -0.15) is 0 Å². The van der Waals surface area contributed by atoms with E-state index in [1.165, 1.54) is 11.1 Å². The Balaban J connectivity index is 1.93. The van der Waals surface area contributed by atoms with Crippen LogP contribution in [0.25, 0.3) is 0 Å². The van der Waals surface area contributed by atoms with Crippen molar-refractivity contribution < 1.29 is 9.47 Å². The van der Waals surface area contributed by atoms with Gasteiger partial charge in [0.1, 0.15) is 6.10 Å². The van der Waals surface area contributed by atoms with Crippen molar-refractivity contribution in [3.8, 4) is 11.5 Å². The molecule has 2 N–H and O–H groups in total. The van der Waals surface area contributed by atoms with Crippen molar-refractivity contribution in [3.63, 3.8) is 0 Å². The third-order valence-electron chi connectivity index (χ3n) is 4.55. The minimum absolute atomic E-state index is 0.243. The predicted octanol–water partition coefficient (Wildman–Crippen LogP) is 1.97. The normalized spacial score (nSPS) is 29.3. The number of rotatable bonds is 3. The van der Waals surface area contributed by atoms with E-state index in [4.69, 9.17) is 15.2 Å². The van der Waals surface area contributed by atoms with E-state index >= 15 is 0 Å². The first kappa shape index (κ1) is 13.7. The van der Waals surface area contributed by atoms with Crippen LogP contribution in [-0.4, -0.2) is 38.3 Å². The molecule has 0 radical (unpaired) electrons. The zero-order valence-electron chi connectivity index (χ0n) is 12.6. The van der Waals surface area contributed by atoms with Gasteiger partial charge in [-0.3, -0.25) is 4.90 Å². The van der Waals surface area contributed by atoms with Crippen LogP contribution in [0, 0.1) is 5.92 Å². The van der Waals surface area contributed by atoms with E-state index in [0.717, 1.165) is 37.4 Å². The van der Waals surface area contributed by atoms with E-state index in [1.807, 2.05) is 0 Å². The minimum atomic E-state index is 0.243. The van der Waals surface area contributed by atoms with Gasteiger partial charge in [-0.15, -0.1) is 0 Å². The van der Waals surface area contributed by atoms with Crippen molar-refractivity contribution in [2.24, 2.45) is 11.7 Å². The fraction of sp³-hybridized carbons (Fsp3) is 0.625. The molecular formula is C16H24N2O2. The molecule has 0 bridgehead atoms. The number of methoxy groups -OCH3 is 1. The maximum atomic E-state index is 5.86. The smallest absolute Gasteiger partial charge is 0.164 e. The Hall–Kier alpha value is -1.26. The van der Waals surface area contributed by atoms with Crippen molar-refractivity contribution in [2.75, 3.05) is 27.2 Å². The van der Waals surface area contributed by atoms with Gasteiger partial charge in [-0.1, -0.05) is 6.07 Å². The van der Waals surface area contributed by atoms with Gasteiger partial charge in [-0.25, -0.2) is 0 Å². The van der Waals surface area contributed by atoms with E-state index in [2.05, 4.69) is 31.0 Å². The summed E-state index contributed by atoms with van der Waals surface area (Å²) in [6.45, 7) is 3.95. The molecule has 2 aliphatic heterocycles. The van der Waals surface area contributed by atoms with Gasteiger partial charge in [0.05, 0.1) is 7.11 Å². The van der Waals surface area contributed by atoms with Crippen LogP contribution in [0.1, 0.15) is 30.5 Å². The van der Waals surface area contributed by atoms with E-state index in [9.17, 15) is 0 Å². The zero-order chi connectivity index (χ0) is 14.3. The first-order chi connectivity index (χ1) is 9.62. The van der Waals surface area contributed by atoms with Gasteiger partial charge in [0, 0.05) is 24.6 Å². The van der Waals surface area contributed by atoms with Crippen LogP contribution < -0.4 is 15.2 Å². The number of hydrogen-bond donors (Lipinski definition) is 1. The molecule has 4 heteroatoms. The quantitative estimate of drug-likeness (QED) is 0.917. The summed E-state index contributed by atoms with van der Waals surface area (Å²) in [7, 11) is 3.89. The van der Waals surface area contributed by atoms with Crippen molar-refractivity contribution in [3.05, 3.63) is 23.3 Å². The van der Waals surface area contributed by atoms with Crippen molar-refractivity contribution in [1.29, 1.82) is 0 Å². The summed E-state index contributed by atoms with van der Waals surface area (Å²) in [6, 6.07) is 4.87. The van der Waals surface area contributed by atoms with Crippen molar-refractivity contribution >= 4 is 0 Å². The van der Waals surface area contributed by atoms with Crippen LogP contribution in [0.4, 0.5) is 0 Å². The monoisotopic (exact) mass is 276 g/mol. The molecular weight excluding hydrogens is 252 g/mol. The lowest BCUT2D eigenvalue weighted by atomic mass is 9.97. The number of fused-ring (bicyclic) bond motifs is 1. The summed E-state index contributed by atoms with van der Waals surface area (Å²) in [5.41, 5.74) is 8.43. The molecule has 4 nitrogen and oxygen atoms in total. The molecule has 3 unspecified atom stereocenters. The number of likely N-dealkylation sites (tertiary alicyclic amines) is 1. The highest BCUT2D eigenvalue weighted by Crippen LogP contribution is 2.43. The van der Waals surface area contributed by atoms with Crippen LogP contribution in [0.2, 0.25) is 0 Å². The Bertz CT molecular complexity index is 503. The van der Waals surface area contributed by atoms with Crippen LogP contribution in [0.3, 0.4) is 0 Å². The summed E-state index contributed by atoms with van der Waals surface area (Å²) in [5, 5.41) is 0. The van der Waals surface area contributed by atoms with Crippen molar-refractivity contribution in [1.82, 2.24) is 4.90 Å². The molecule has 0 aromatic heterocycles. The molecule has 3 rings (SSSR count). The number of ether oxygens (including phenoxy) is 2. The maximum Gasteiger partial charge on any atom is 0.164 e. The lowest BCUT2D eigenvalue weighted by Crippen LogP contribution is -2.20. The SMILES string of the molecule is COc1cc(C2CC(CN)CN2C)cc2c1OC(C)C2. The average Bonchev–Trinajstić information content (AvgIpc) is 2.99. The fourth-order valence-corrected chi connectivity index (χ4v) is 3.53. The number of benzene rings is 1. The third kappa shape index (κ3) is 2.27. The van der Waals surface area contributed by atoms with E-state index in [1.54, 1.807) is 7.11 Å². The molecule has 110 valence electrons. The highest BCUT2D eigenvalue weighted by atomic mass is 16.5. The first-order valence-corrected chi connectivity index (χ1v) is 7.40. The molecule has 1 aromatic carbocycles. The lowest BCUT2D eigenvalue weighted by Gasteiger charge is -2.21. The Kier molecular flexibility index (Phi) is 3.61. The average molecular weight is 276 g/mol. The fourth-order valence-electron chi connectivity index (χ4n) is 3.53. The van der Waals surface area contributed by atoms with Gasteiger partial charge >= 0.3 is 0 Å². The van der Waals surface area contributed by atoms with Crippen molar-refractivity contribution in [2.45, 2.75) is 31.9 Å². The second kappa shape index (κ2) is 5.26. The zero-order valence-corrected chi connectivity index (χ0v) is 12.6. The largest absolute Gasteiger partial charge is 0.493 e. The summed E-state index contributed by atoms with van der Waals surface area (Å²) in [4.78, 5) is 2.40. The summed E-state index contributed by atoms with van der Waals surface area (Å²) < 4.78 is 11.4. The summed E-state index contributed by atoms with van der Waals surface area (Å²) in [6.07, 6.45) is 2.34. The van der Waals surface area contributed by atoms with Gasteiger partial charge in [-0.05, 0) is 44.5 Å². The van der Waals surface area contributed by atoms with Crippen LogP contribution in [0.15, 0.2) is 12.1 Å². The molecule has 2 heterocycles. The molecule has 1 aromatic rings. The van der Waals surface area contributed by atoms with E-state index < -0.39 is 0 Å². The van der Waals surface area contributed by atoms with Gasteiger partial charge in [0.25, 0.3) is 0 Å². The molecule has 0 amide bonds. The summed E-state index contributed by atoms with van der Waals surface area (Å²) in [5.74, 6) is 2.39. The second-order valence-corrected chi connectivity index (χ2v) is 6.14. The molecule has 0 spiro atoms. The number of hydrogen-bond acceptors (Lipinski definition) is 4. The van der Waals surface area contributed by atoms with Gasteiger partial charge < -0.3 is 15.2 Å². The molecule has 1 fully saturated rings. The Morgan fingerprint density at radius 1 is 1.45 bits per heavy atom. The maximum absolute atomic E-state index is 5.86. The Morgan fingerprint density at radius 2 is 2.25 bits per heavy atom. The molecule has 20 heavy (non-hydrogen) atoms. The third-order valence-corrected chi connectivity index (χ3v) is 4.55. The molecule has 0 saturated carbocycles. The van der Waals surface area contributed by atoms with Crippen LogP contribution >= 0.6 is 0 Å². The van der Waals surface area contributed by atoms with E-state index in [-0.39, 0.29) is 6.10 Å².